The van der Waals surface area contributed by atoms with Crippen molar-refractivity contribution in [2.24, 2.45) is 0 Å². The van der Waals surface area contributed by atoms with Crippen molar-refractivity contribution in [3.63, 3.8) is 0 Å². The lowest BCUT2D eigenvalue weighted by molar-refractivity contribution is 0.209. The van der Waals surface area contributed by atoms with Crippen LogP contribution in [-0.2, 0) is 15.5 Å². The van der Waals surface area contributed by atoms with E-state index >= 15 is 0 Å². The smallest absolute Gasteiger partial charge is 0.236 e. The van der Waals surface area contributed by atoms with Crippen LogP contribution in [0.2, 0.25) is 10.0 Å². The maximum atomic E-state index is 13.2. The van der Waals surface area contributed by atoms with E-state index in [0.717, 1.165) is 16.1 Å². The molecule has 0 saturated heterocycles. The molecular weight excluding hydrogens is 450 g/mol. The Morgan fingerprint density at radius 3 is 2.76 bits per heavy atom. The van der Waals surface area contributed by atoms with Gasteiger partial charge < -0.3 is 9.63 Å². The largest absolute Gasteiger partial charge is 0.377 e. The van der Waals surface area contributed by atoms with Gasteiger partial charge in [-0.05, 0) is 43.7 Å². The van der Waals surface area contributed by atoms with Gasteiger partial charge in [-0.2, -0.15) is 5.10 Å². The number of halogens is 2. The lowest BCUT2D eigenvalue weighted by Gasteiger charge is -2.21. The molecule has 1 aliphatic rings. The van der Waals surface area contributed by atoms with Gasteiger partial charge in [0.25, 0.3) is 0 Å². The molecule has 3 aromatic rings. The van der Waals surface area contributed by atoms with Gasteiger partial charge in [0.15, 0.2) is 5.85 Å². The summed E-state index contributed by atoms with van der Waals surface area (Å²) in [5.74, 6) is -1.29. The molecule has 2 atom stereocenters. The monoisotopic (exact) mass is 470 g/mol. The number of aryl methyl sites for hydroxylation is 1. The number of aliphatic hydroxyl groups excluding tert-OH is 1. The van der Waals surface area contributed by atoms with Crippen molar-refractivity contribution < 1.29 is 14.2 Å². The van der Waals surface area contributed by atoms with Crippen molar-refractivity contribution in [2.75, 3.05) is 12.8 Å². The molecule has 1 aliphatic carbocycles. The third-order valence-corrected chi connectivity index (χ3v) is 9.28. The summed E-state index contributed by atoms with van der Waals surface area (Å²) < 4.78 is 20.5. The summed E-state index contributed by atoms with van der Waals surface area (Å²) in [6.45, 7) is 5.86. The maximum Gasteiger partial charge on any atom is 0.236 e. The first-order chi connectivity index (χ1) is 13.8. The van der Waals surface area contributed by atoms with Gasteiger partial charge >= 0.3 is 0 Å². The van der Waals surface area contributed by atoms with E-state index in [1.54, 1.807) is 48.1 Å². The van der Waals surface area contributed by atoms with Crippen LogP contribution in [0, 0.1) is 6.92 Å². The quantitative estimate of drug-likeness (QED) is 0.329. The molecule has 0 fully saturated rings. The lowest BCUT2D eigenvalue weighted by Crippen LogP contribution is -2.08. The van der Waals surface area contributed by atoms with E-state index in [1.165, 1.54) is 10.4 Å². The van der Waals surface area contributed by atoms with Gasteiger partial charge in [0.05, 0.1) is 27.9 Å². The molecular formula is C20H21Cl2N2O3PS. The first-order valence-corrected chi connectivity index (χ1v) is 12.8. The SMILES string of the molecule is CCOP(=O)(CC)C(O)c1nn(-c2ccc(Cl)cc2Cl)c2c1Cc1cc(C)sc1-2. The summed E-state index contributed by atoms with van der Waals surface area (Å²) in [5.41, 5.74) is 3.99. The molecule has 2 heterocycles. The number of hydrogen-bond acceptors (Lipinski definition) is 5. The molecule has 154 valence electrons. The number of fused-ring (bicyclic) bond motifs is 3. The Bertz CT molecular complexity index is 1140. The highest BCUT2D eigenvalue weighted by Gasteiger charge is 2.40. The number of rotatable bonds is 6. The number of aromatic nitrogens is 2. The molecule has 0 saturated carbocycles. The number of hydrogen-bond donors (Lipinski definition) is 1. The second kappa shape index (κ2) is 7.84. The predicted octanol–water partition coefficient (Wildman–Crippen LogP) is 6.45. The zero-order valence-corrected chi connectivity index (χ0v) is 19.5. The third-order valence-electron chi connectivity index (χ3n) is 5.07. The zero-order valence-electron chi connectivity index (χ0n) is 16.3. The van der Waals surface area contributed by atoms with Crippen molar-refractivity contribution in [2.45, 2.75) is 33.0 Å². The van der Waals surface area contributed by atoms with Gasteiger partial charge in [-0.3, -0.25) is 4.57 Å². The molecule has 0 aliphatic heterocycles. The summed E-state index contributed by atoms with van der Waals surface area (Å²) in [5, 5.41) is 16.7. The Morgan fingerprint density at radius 2 is 2.10 bits per heavy atom. The summed E-state index contributed by atoms with van der Waals surface area (Å²) in [4.78, 5) is 2.29. The standard InChI is InChI=1S/C20H21Cl2N2O3PS/c1-4-27-28(26,5-2)20(25)17-14-9-12-8-11(3)29-19(12)18(14)24(23-17)16-7-6-13(21)10-15(16)22/h6-8,10,20,25H,4-5,9H2,1-3H3. The van der Waals surface area contributed by atoms with Crippen LogP contribution in [0.25, 0.3) is 16.3 Å². The molecule has 1 N–H and O–H groups in total. The van der Waals surface area contributed by atoms with Crippen LogP contribution in [0.5, 0.6) is 0 Å². The average Bonchev–Trinajstić information content (AvgIpc) is 3.30. The van der Waals surface area contributed by atoms with E-state index < -0.39 is 13.2 Å². The molecule has 0 radical (unpaired) electrons. The third kappa shape index (κ3) is 3.50. The molecule has 9 heteroatoms. The number of aliphatic hydroxyl groups is 1. The lowest BCUT2D eigenvalue weighted by atomic mass is 10.1. The van der Waals surface area contributed by atoms with Crippen LogP contribution < -0.4 is 0 Å². The normalized spacial score (nSPS) is 15.8. The molecule has 1 aromatic carbocycles. The minimum Gasteiger partial charge on any atom is -0.377 e. The fourth-order valence-electron chi connectivity index (χ4n) is 3.74. The van der Waals surface area contributed by atoms with Gasteiger partial charge in [-0.15, -0.1) is 11.3 Å². The number of nitrogens with zero attached hydrogens (tertiary/aromatic N) is 2. The molecule has 0 amide bonds. The molecule has 0 spiro atoms. The van der Waals surface area contributed by atoms with Crippen LogP contribution in [0.3, 0.4) is 0 Å². The topological polar surface area (TPSA) is 64.3 Å². The Labute approximate surface area is 183 Å². The summed E-state index contributed by atoms with van der Waals surface area (Å²) >= 11 is 14.2. The van der Waals surface area contributed by atoms with Crippen molar-refractivity contribution in [1.29, 1.82) is 0 Å². The maximum absolute atomic E-state index is 13.2. The van der Waals surface area contributed by atoms with E-state index in [0.29, 0.717) is 27.8 Å². The highest BCUT2D eigenvalue weighted by Crippen LogP contribution is 2.60. The first kappa shape index (κ1) is 21.1. The summed E-state index contributed by atoms with van der Waals surface area (Å²) in [6.07, 6.45) is 0.856. The minimum atomic E-state index is -3.30. The van der Waals surface area contributed by atoms with E-state index in [-0.39, 0.29) is 12.8 Å². The Hall–Kier alpha value is -1.14. The average molecular weight is 471 g/mol. The Morgan fingerprint density at radius 1 is 1.34 bits per heavy atom. The second-order valence-electron chi connectivity index (χ2n) is 6.94. The second-order valence-corrected chi connectivity index (χ2v) is 11.9. The van der Waals surface area contributed by atoms with Gasteiger partial charge in [0.2, 0.25) is 7.37 Å². The minimum absolute atomic E-state index is 0.228. The van der Waals surface area contributed by atoms with Crippen molar-refractivity contribution in [1.82, 2.24) is 9.78 Å². The number of thiophene rings is 1. The van der Waals surface area contributed by atoms with E-state index in [9.17, 15) is 9.67 Å². The highest BCUT2D eigenvalue weighted by molar-refractivity contribution is 7.59. The van der Waals surface area contributed by atoms with Crippen LogP contribution in [0.4, 0.5) is 0 Å². The Balaban J connectivity index is 1.94. The van der Waals surface area contributed by atoms with Crippen LogP contribution in [-0.4, -0.2) is 27.7 Å². The van der Waals surface area contributed by atoms with E-state index in [4.69, 9.17) is 32.8 Å². The fraction of sp³-hybridized carbons (Fsp3) is 0.350. The van der Waals surface area contributed by atoms with E-state index in [1.807, 2.05) is 0 Å². The fourth-order valence-corrected chi connectivity index (χ4v) is 7.01. The number of benzene rings is 1. The molecule has 5 nitrogen and oxygen atoms in total. The van der Waals surface area contributed by atoms with Crippen LogP contribution in [0.1, 0.15) is 41.4 Å². The first-order valence-electron chi connectivity index (χ1n) is 9.37. The van der Waals surface area contributed by atoms with Crippen molar-refractivity contribution in [3.05, 3.63) is 56.0 Å². The van der Waals surface area contributed by atoms with Gasteiger partial charge in [0.1, 0.15) is 5.69 Å². The van der Waals surface area contributed by atoms with Crippen molar-refractivity contribution >= 4 is 41.9 Å². The van der Waals surface area contributed by atoms with Gasteiger partial charge in [-0.25, -0.2) is 4.68 Å². The molecule has 0 bridgehead atoms. The van der Waals surface area contributed by atoms with Crippen LogP contribution in [0.15, 0.2) is 24.3 Å². The summed E-state index contributed by atoms with van der Waals surface area (Å²) in [6, 6.07) is 7.36. The van der Waals surface area contributed by atoms with Crippen LogP contribution >= 0.6 is 41.9 Å². The molecule has 2 aromatic heterocycles. The molecule has 2 unspecified atom stereocenters. The van der Waals surface area contributed by atoms with Crippen molar-refractivity contribution in [3.8, 4) is 16.3 Å². The predicted molar refractivity (Wildman–Crippen MR) is 119 cm³/mol. The van der Waals surface area contributed by atoms with Gasteiger partial charge in [0, 0.05) is 28.0 Å². The highest BCUT2D eigenvalue weighted by atomic mass is 35.5. The zero-order chi connectivity index (χ0) is 20.9. The van der Waals surface area contributed by atoms with Gasteiger partial charge in [-0.1, -0.05) is 30.1 Å². The molecule has 29 heavy (non-hydrogen) atoms. The Kier molecular flexibility index (Phi) is 5.71. The molecule has 4 rings (SSSR count). The van der Waals surface area contributed by atoms with E-state index in [2.05, 4.69) is 13.0 Å². The summed E-state index contributed by atoms with van der Waals surface area (Å²) in [7, 11) is -3.30.